The van der Waals surface area contributed by atoms with Gasteiger partial charge in [-0.05, 0) is 6.92 Å². The second kappa shape index (κ2) is 3.06. The standard InChI is InChI=1S/C6H10N2O4/c1-3-2-4(9)5(8(11)12)6(10)7-3/h3-5,9H,2H2,1H3,(H,7,10). The van der Waals surface area contributed by atoms with E-state index in [1.807, 2.05) is 0 Å². The van der Waals surface area contributed by atoms with E-state index in [0.717, 1.165) is 0 Å². The van der Waals surface area contributed by atoms with Gasteiger partial charge in [-0.2, -0.15) is 0 Å². The second-order valence-electron chi connectivity index (χ2n) is 2.94. The monoisotopic (exact) mass is 174 g/mol. The summed E-state index contributed by atoms with van der Waals surface area (Å²) in [7, 11) is 0. The number of nitro groups is 1. The molecule has 0 bridgehead atoms. The van der Waals surface area contributed by atoms with Crippen LogP contribution in [0.15, 0.2) is 0 Å². The Morgan fingerprint density at radius 3 is 2.75 bits per heavy atom. The predicted molar refractivity (Wildman–Crippen MR) is 39.0 cm³/mol. The van der Waals surface area contributed by atoms with Gasteiger partial charge in [-0.3, -0.25) is 14.9 Å². The average molecular weight is 174 g/mol. The third-order valence-electron chi connectivity index (χ3n) is 1.84. The number of amides is 1. The maximum atomic E-state index is 10.9. The Morgan fingerprint density at radius 2 is 2.33 bits per heavy atom. The van der Waals surface area contributed by atoms with Crippen LogP contribution in [0.25, 0.3) is 0 Å². The molecule has 1 heterocycles. The quantitative estimate of drug-likeness (QED) is 0.390. The Hall–Kier alpha value is -1.17. The van der Waals surface area contributed by atoms with Crippen molar-refractivity contribution in [2.45, 2.75) is 31.5 Å². The molecule has 0 spiro atoms. The lowest BCUT2D eigenvalue weighted by Crippen LogP contribution is -2.56. The zero-order valence-electron chi connectivity index (χ0n) is 6.56. The number of hydrogen-bond donors (Lipinski definition) is 2. The molecule has 2 N–H and O–H groups in total. The number of aliphatic hydroxyl groups is 1. The molecule has 3 unspecified atom stereocenters. The van der Waals surface area contributed by atoms with Crippen molar-refractivity contribution in [3.05, 3.63) is 10.1 Å². The van der Waals surface area contributed by atoms with E-state index in [2.05, 4.69) is 5.32 Å². The molecule has 1 amide bonds. The minimum Gasteiger partial charge on any atom is -0.385 e. The highest BCUT2D eigenvalue weighted by Gasteiger charge is 2.42. The van der Waals surface area contributed by atoms with Gasteiger partial charge >= 0.3 is 6.04 Å². The van der Waals surface area contributed by atoms with E-state index in [9.17, 15) is 20.0 Å². The van der Waals surface area contributed by atoms with Crippen molar-refractivity contribution in [1.82, 2.24) is 5.32 Å². The van der Waals surface area contributed by atoms with Crippen molar-refractivity contribution in [3.63, 3.8) is 0 Å². The molecular formula is C6H10N2O4. The van der Waals surface area contributed by atoms with E-state index in [-0.39, 0.29) is 12.5 Å². The lowest BCUT2D eigenvalue weighted by Gasteiger charge is -2.25. The summed E-state index contributed by atoms with van der Waals surface area (Å²) in [6.45, 7) is 1.69. The maximum Gasteiger partial charge on any atom is 0.315 e. The molecule has 1 rings (SSSR count). The molecule has 1 fully saturated rings. The highest BCUT2D eigenvalue weighted by Crippen LogP contribution is 2.12. The fourth-order valence-electron chi connectivity index (χ4n) is 1.29. The first-order chi connectivity index (χ1) is 5.52. The zero-order valence-corrected chi connectivity index (χ0v) is 6.56. The van der Waals surface area contributed by atoms with Crippen molar-refractivity contribution in [2.75, 3.05) is 0 Å². The fourth-order valence-corrected chi connectivity index (χ4v) is 1.29. The number of aliphatic hydroxyl groups excluding tert-OH is 1. The van der Waals surface area contributed by atoms with E-state index >= 15 is 0 Å². The normalized spacial score (nSPS) is 35.8. The summed E-state index contributed by atoms with van der Waals surface area (Å²) in [6, 6.07) is -1.69. The summed E-state index contributed by atoms with van der Waals surface area (Å²) in [4.78, 5) is 20.5. The molecule has 6 nitrogen and oxygen atoms in total. The molecule has 0 aromatic carbocycles. The minimum atomic E-state index is -1.50. The maximum absolute atomic E-state index is 10.9. The Morgan fingerprint density at radius 1 is 1.75 bits per heavy atom. The van der Waals surface area contributed by atoms with Crippen LogP contribution < -0.4 is 5.32 Å². The van der Waals surface area contributed by atoms with Gasteiger partial charge in [0.2, 0.25) is 0 Å². The van der Waals surface area contributed by atoms with Crippen molar-refractivity contribution in [2.24, 2.45) is 0 Å². The number of hydrogen-bond acceptors (Lipinski definition) is 4. The summed E-state index contributed by atoms with van der Waals surface area (Å²) < 4.78 is 0. The van der Waals surface area contributed by atoms with Gasteiger partial charge < -0.3 is 10.4 Å². The molecule has 0 saturated carbocycles. The zero-order chi connectivity index (χ0) is 9.30. The number of nitrogens with one attached hydrogen (secondary N) is 1. The third-order valence-corrected chi connectivity index (χ3v) is 1.84. The molecular weight excluding hydrogens is 164 g/mol. The van der Waals surface area contributed by atoms with Gasteiger partial charge in [0, 0.05) is 17.4 Å². The minimum absolute atomic E-state index is 0.191. The first kappa shape index (κ1) is 8.92. The molecule has 0 aliphatic carbocycles. The number of nitrogens with zero attached hydrogens (tertiary/aromatic N) is 1. The average Bonchev–Trinajstić information content (AvgIpc) is 1.82. The second-order valence-corrected chi connectivity index (χ2v) is 2.94. The first-order valence-electron chi connectivity index (χ1n) is 3.64. The molecule has 68 valence electrons. The molecule has 3 atom stereocenters. The van der Waals surface area contributed by atoms with Crippen LogP contribution in [0.2, 0.25) is 0 Å². The van der Waals surface area contributed by atoms with Crippen LogP contribution in [-0.4, -0.2) is 34.1 Å². The van der Waals surface area contributed by atoms with E-state index in [1.165, 1.54) is 0 Å². The van der Waals surface area contributed by atoms with Crippen LogP contribution in [0.3, 0.4) is 0 Å². The number of piperidine rings is 1. The van der Waals surface area contributed by atoms with Crippen LogP contribution in [0.4, 0.5) is 0 Å². The number of carbonyl (C=O) groups is 1. The van der Waals surface area contributed by atoms with Crippen LogP contribution >= 0.6 is 0 Å². The Balaban J connectivity index is 2.73. The van der Waals surface area contributed by atoms with E-state index < -0.39 is 23.0 Å². The molecule has 12 heavy (non-hydrogen) atoms. The summed E-state index contributed by atoms with van der Waals surface area (Å²) >= 11 is 0. The summed E-state index contributed by atoms with van der Waals surface area (Å²) in [6.07, 6.45) is -0.930. The molecule has 0 aromatic rings. The van der Waals surface area contributed by atoms with Crippen molar-refractivity contribution < 1.29 is 14.8 Å². The molecule has 0 radical (unpaired) electrons. The van der Waals surface area contributed by atoms with Crippen molar-refractivity contribution >= 4 is 5.91 Å². The van der Waals surface area contributed by atoms with Gasteiger partial charge in [-0.25, -0.2) is 0 Å². The predicted octanol–water partition coefficient (Wildman–Crippen LogP) is -1.10. The largest absolute Gasteiger partial charge is 0.385 e. The third kappa shape index (κ3) is 1.53. The smallest absolute Gasteiger partial charge is 0.315 e. The Bertz CT molecular complexity index is 218. The van der Waals surface area contributed by atoms with Gasteiger partial charge in [0.15, 0.2) is 0 Å². The number of carbonyl (C=O) groups excluding carboxylic acids is 1. The molecule has 6 heteroatoms. The summed E-state index contributed by atoms with van der Waals surface area (Å²) in [5, 5.41) is 21.8. The molecule has 1 saturated heterocycles. The van der Waals surface area contributed by atoms with Gasteiger partial charge in [-0.1, -0.05) is 0 Å². The van der Waals surface area contributed by atoms with Gasteiger partial charge in [0.25, 0.3) is 5.91 Å². The lowest BCUT2D eigenvalue weighted by molar-refractivity contribution is -0.521. The first-order valence-corrected chi connectivity index (χ1v) is 3.64. The fraction of sp³-hybridized carbons (Fsp3) is 0.833. The van der Waals surface area contributed by atoms with Crippen LogP contribution in [0.5, 0.6) is 0 Å². The van der Waals surface area contributed by atoms with E-state index in [4.69, 9.17) is 0 Å². The van der Waals surface area contributed by atoms with E-state index in [0.29, 0.717) is 0 Å². The highest BCUT2D eigenvalue weighted by molar-refractivity contribution is 5.82. The Kier molecular flexibility index (Phi) is 2.27. The van der Waals surface area contributed by atoms with Gasteiger partial charge in [-0.15, -0.1) is 0 Å². The van der Waals surface area contributed by atoms with Gasteiger partial charge in [0.1, 0.15) is 6.10 Å². The summed E-state index contributed by atoms with van der Waals surface area (Å²) in [5.74, 6) is -0.703. The number of rotatable bonds is 1. The molecule has 1 aliphatic heterocycles. The van der Waals surface area contributed by atoms with Gasteiger partial charge in [0.05, 0.1) is 0 Å². The lowest BCUT2D eigenvalue weighted by atomic mass is 9.98. The van der Waals surface area contributed by atoms with Crippen molar-refractivity contribution in [3.8, 4) is 0 Å². The van der Waals surface area contributed by atoms with Crippen LogP contribution in [0.1, 0.15) is 13.3 Å². The molecule has 1 aliphatic rings. The molecule has 0 aromatic heterocycles. The van der Waals surface area contributed by atoms with Crippen LogP contribution in [0, 0.1) is 10.1 Å². The van der Waals surface area contributed by atoms with Crippen LogP contribution in [-0.2, 0) is 4.79 Å². The van der Waals surface area contributed by atoms with E-state index in [1.54, 1.807) is 6.92 Å². The highest BCUT2D eigenvalue weighted by atomic mass is 16.6. The summed E-state index contributed by atoms with van der Waals surface area (Å²) in [5.41, 5.74) is 0. The topological polar surface area (TPSA) is 92.5 Å². The SMILES string of the molecule is CC1CC(O)C([N+](=O)[O-])C(=O)N1. The Labute approximate surface area is 68.7 Å². The van der Waals surface area contributed by atoms with Crippen molar-refractivity contribution in [1.29, 1.82) is 0 Å².